The Bertz CT molecular complexity index is 1130. The lowest BCUT2D eigenvalue weighted by atomic mass is 9.93. The van der Waals surface area contributed by atoms with Gasteiger partial charge in [-0.3, -0.25) is 5.32 Å². The fraction of sp³-hybridized carbons (Fsp3) is 0.348. The molecule has 3 N–H and O–H groups in total. The third kappa shape index (κ3) is 5.11. The zero-order valence-electron chi connectivity index (χ0n) is 18.3. The van der Waals surface area contributed by atoms with Gasteiger partial charge in [-0.15, -0.1) is 0 Å². The van der Waals surface area contributed by atoms with E-state index in [0.29, 0.717) is 28.3 Å². The Balaban J connectivity index is 1.56. The molecule has 1 aliphatic heterocycles. The van der Waals surface area contributed by atoms with Crippen LogP contribution in [0.15, 0.2) is 36.7 Å². The first-order valence-electron chi connectivity index (χ1n) is 10.7. The second-order valence-corrected chi connectivity index (χ2v) is 7.83. The van der Waals surface area contributed by atoms with Gasteiger partial charge in [0.25, 0.3) is 0 Å². The summed E-state index contributed by atoms with van der Waals surface area (Å²) in [5.41, 5.74) is -0.0285. The molecule has 174 valence electrons. The molecule has 2 heterocycles. The van der Waals surface area contributed by atoms with E-state index in [2.05, 4.69) is 25.9 Å². The number of hydrogen-bond acceptors (Lipinski definition) is 6. The normalized spacial score (nSPS) is 15.2. The monoisotopic (exact) mass is 457 g/mol. The summed E-state index contributed by atoms with van der Waals surface area (Å²) in [7, 11) is 1.52. The van der Waals surface area contributed by atoms with Crippen LogP contribution in [0.5, 0.6) is 11.5 Å². The highest BCUT2D eigenvalue weighted by Gasteiger charge is 2.23. The highest BCUT2D eigenvalue weighted by Crippen LogP contribution is 2.36. The van der Waals surface area contributed by atoms with Gasteiger partial charge >= 0.3 is 6.03 Å². The maximum Gasteiger partial charge on any atom is 0.325 e. The molecule has 3 aromatic rings. The Kier molecular flexibility index (Phi) is 6.83. The number of nitrogens with one attached hydrogen (secondary N) is 3. The van der Waals surface area contributed by atoms with E-state index in [1.165, 1.54) is 19.5 Å². The summed E-state index contributed by atoms with van der Waals surface area (Å²) in [6.45, 7) is 3.97. The molecule has 0 aliphatic carbocycles. The van der Waals surface area contributed by atoms with Crippen LogP contribution in [0.4, 0.5) is 25.1 Å². The topological polar surface area (TPSA) is 97.4 Å². The Hall–Kier alpha value is -3.53. The van der Waals surface area contributed by atoms with Gasteiger partial charge in [0, 0.05) is 11.5 Å². The molecule has 10 heteroatoms. The molecule has 1 unspecified atom stereocenters. The van der Waals surface area contributed by atoms with Crippen molar-refractivity contribution >= 4 is 28.4 Å². The Morgan fingerprint density at radius 1 is 1.12 bits per heavy atom. The van der Waals surface area contributed by atoms with Crippen molar-refractivity contribution < 1.29 is 23.0 Å². The second-order valence-electron chi connectivity index (χ2n) is 7.83. The van der Waals surface area contributed by atoms with Crippen LogP contribution in [0.3, 0.4) is 0 Å². The predicted molar refractivity (Wildman–Crippen MR) is 121 cm³/mol. The van der Waals surface area contributed by atoms with Crippen molar-refractivity contribution in [2.24, 2.45) is 5.92 Å². The fourth-order valence-corrected chi connectivity index (χ4v) is 3.89. The SMILES string of the molecule is COc1cc2c(NC(=O)Nc3c(F)cccc3F)ncnc2cc1OC(C)C1CCNCC1. The van der Waals surface area contributed by atoms with Crippen molar-refractivity contribution in [1.82, 2.24) is 15.3 Å². The van der Waals surface area contributed by atoms with Crippen molar-refractivity contribution in [2.75, 3.05) is 30.8 Å². The first-order valence-corrected chi connectivity index (χ1v) is 10.7. The minimum absolute atomic E-state index is 0.0145. The maximum absolute atomic E-state index is 13.8. The van der Waals surface area contributed by atoms with Crippen LogP contribution >= 0.6 is 0 Å². The molecule has 1 aromatic heterocycles. The smallest absolute Gasteiger partial charge is 0.325 e. The summed E-state index contributed by atoms with van der Waals surface area (Å²) in [4.78, 5) is 20.8. The predicted octanol–water partition coefficient (Wildman–Crippen LogP) is 4.33. The van der Waals surface area contributed by atoms with E-state index >= 15 is 0 Å². The number of aromatic nitrogens is 2. The fourth-order valence-electron chi connectivity index (χ4n) is 3.89. The largest absolute Gasteiger partial charge is 0.493 e. The van der Waals surface area contributed by atoms with E-state index in [-0.39, 0.29) is 11.9 Å². The number of carbonyl (C=O) groups excluding carboxylic acids is 1. The third-order valence-electron chi connectivity index (χ3n) is 5.71. The van der Waals surface area contributed by atoms with E-state index in [1.54, 1.807) is 12.1 Å². The summed E-state index contributed by atoms with van der Waals surface area (Å²) >= 11 is 0. The molecule has 4 rings (SSSR count). The van der Waals surface area contributed by atoms with Gasteiger partial charge in [0.15, 0.2) is 11.5 Å². The number of nitrogens with zero attached hydrogens (tertiary/aromatic N) is 2. The van der Waals surface area contributed by atoms with Crippen LogP contribution in [-0.2, 0) is 0 Å². The molecular formula is C23H25F2N5O3. The molecule has 1 atom stereocenters. The quantitative estimate of drug-likeness (QED) is 0.510. The number of benzene rings is 2. The molecule has 8 nitrogen and oxygen atoms in total. The lowest BCUT2D eigenvalue weighted by molar-refractivity contribution is 0.124. The number of ether oxygens (including phenoxy) is 2. The van der Waals surface area contributed by atoms with Crippen LogP contribution in [0.1, 0.15) is 19.8 Å². The van der Waals surface area contributed by atoms with Gasteiger partial charge in [-0.25, -0.2) is 23.5 Å². The number of hydrogen-bond donors (Lipinski definition) is 3. The standard InChI is InChI=1S/C23H25F2N5O3/c1-13(14-6-8-26-9-7-14)33-20-11-18-15(10-19(20)32-2)22(28-12-27-18)30-23(31)29-21-16(24)4-3-5-17(21)25/h3-5,10-14,26H,6-9H2,1-2H3,(H2,27,28,29,30,31). The number of rotatable bonds is 6. The Morgan fingerprint density at radius 2 is 1.85 bits per heavy atom. The van der Waals surface area contributed by atoms with E-state index < -0.39 is 23.4 Å². The van der Waals surface area contributed by atoms with E-state index in [0.717, 1.165) is 38.1 Å². The molecule has 33 heavy (non-hydrogen) atoms. The van der Waals surface area contributed by atoms with Gasteiger partial charge in [0.05, 0.1) is 18.7 Å². The number of methoxy groups -OCH3 is 1. The van der Waals surface area contributed by atoms with Crippen LogP contribution in [-0.4, -0.2) is 42.3 Å². The average molecular weight is 457 g/mol. The molecule has 0 radical (unpaired) electrons. The molecule has 1 saturated heterocycles. The Labute approximate surface area is 189 Å². The number of anilines is 2. The summed E-state index contributed by atoms with van der Waals surface area (Å²) in [6.07, 6.45) is 3.34. The molecule has 2 aromatic carbocycles. The Morgan fingerprint density at radius 3 is 2.55 bits per heavy atom. The van der Waals surface area contributed by atoms with E-state index in [4.69, 9.17) is 9.47 Å². The van der Waals surface area contributed by atoms with Crippen LogP contribution in [0, 0.1) is 17.6 Å². The number of urea groups is 1. The van der Waals surface area contributed by atoms with E-state index in [9.17, 15) is 13.6 Å². The summed E-state index contributed by atoms with van der Waals surface area (Å²) < 4.78 is 39.4. The van der Waals surface area contributed by atoms with Crippen molar-refractivity contribution in [1.29, 1.82) is 0 Å². The van der Waals surface area contributed by atoms with Crippen molar-refractivity contribution in [3.05, 3.63) is 48.3 Å². The van der Waals surface area contributed by atoms with Crippen LogP contribution in [0.2, 0.25) is 0 Å². The van der Waals surface area contributed by atoms with Gasteiger partial charge in [-0.2, -0.15) is 0 Å². The first-order chi connectivity index (χ1) is 16.0. The highest BCUT2D eigenvalue weighted by atomic mass is 19.1. The molecule has 1 fully saturated rings. The zero-order chi connectivity index (χ0) is 23.4. The van der Waals surface area contributed by atoms with Crippen molar-refractivity contribution in [3.63, 3.8) is 0 Å². The molecule has 0 saturated carbocycles. The number of carbonyl (C=O) groups is 1. The lowest BCUT2D eigenvalue weighted by Gasteiger charge is -2.29. The summed E-state index contributed by atoms with van der Waals surface area (Å²) in [6, 6.07) is 5.86. The minimum Gasteiger partial charge on any atom is -0.493 e. The molecular weight excluding hydrogens is 432 g/mol. The van der Waals surface area contributed by atoms with Gasteiger partial charge in [-0.1, -0.05) is 6.07 Å². The number of amides is 2. The lowest BCUT2D eigenvalue weighted by Crippen LogP contribution is -2.35. The van der Waals surface area contributed by atoms with Gasteiger partial charge < -0.3 is 20.1 Å². The third-order valence-corrected chi connectivity index (χ3v) is 5.71. The highest BCUT2D eigenvalue weighted by molar-refractivity contribution is 6.04. The molecule has 1 aliphatic rings. The van der Waals surface area contributed by atoms with Crippen LogP contribution in [0.25, 0.3) is 10.9 Å². The van der Waals surface area contributed by atoms with Crippen molar-refractivity contribution in [2.45, 2.75) is 25.9 Å². The second kappa shape index (κ2) is 9.95. The molecule has 2 amide bonds. The average Bonchev–Trinajstić information content (AvgIpc) is 2.82. The molecule has 0 spiro atoms. The van der Waals surface area contributed by atoms with Gasteiger partial charge in [0.1, 0.15) is 29.5 Å². The van der Waals surface area contributed by atoms with Crippen molar-refractivity contribution in [3.8, 4) is 11.5 Å². The summed E-state index contributed by atoms with van der Waals surface area (Å²) in [5.74, 6) is -0.185. The van der Waals surface area contributed by atoms with Gasteiger partial charge in [-0.05, 0) is 57.0 Å². The molecule has 0 bridgehead atoms. The van der Waals surface area contributed by atoms with E-state index in [1.807, 2.05) is 6.92 Å². The number of fused-ring (bicyclic) bond motifs is 1. The zero-order valence-corrected chi connectivity index (χ0v) is 18.3. The number of piperidine rings is 1. The number of para-hydroxylation sites is 1. The van der Waals surface area contributed by atoms with Gasteiger partial charge in [0.2, 0.25) is 0 Å². The summed E-state index contributed by atoms with van der Waals surface area (Å²) in [5, 5.41) is 8.52. The van der Waals surface area contributed by atoms with Crippen LogP contribution < -0.4 is 25.4 Å². The number of halogens is 2. The maximum atomic E-state index is 13.8. The minimum atomic E-state index is -0.885. The first kappa shape index (κ1) is 22.7.